The second kappa shape index (κ2) is 6.85. The van der Waals surface area contributed by atoms with E-state index in [2.05, 4.69) is 5.43 Å². The topological polar surface area (TPSA) is 56.5 Å². The summed E-state index contributed by atoms with van der Waals surface area (Å²) in [5.74, 6) is 5.78. The van der Waals surface area contributed by atoms with Crippen molar-refractivity contribution in [2.45, 2.75) is 75.5 Å². The molecule has 0 amide bonds. The minimum Gasteiger partial charge on any atom is -0.378 e. The molecule has 0 spiro atoms. The fourth-order valence-corrected chi connectivity index (χ4v) is 3.57. The number of ether oxygens (including phenoxy) is 2. The smallest absolute Gasteiger partial charge is 0.0844 e. The van der Waals surface area contributed by atoms with Gasteiger partial charge in [-0.15, -0.1) is 0 Å². The lowest BCUT2D eigenvalue weighted by atomic mass is 9.77. The second-order valence-corrected chi connectivity index (χ2v) is 5.76. The molecule has 2 rings (SSSR count). The van der Waals surface area contributed by atoms with E-state index in [0.717, 1.165) is 32.3 Å². The monoisotopic (exact) mass is 256 g/mol. The molecular weight excluding hydrogens is 228 g/mol. The van der Waals surface area contributed by atoms with Crippen LogP contribution in [0.15, 0.2) is 0 Å². The Kier molecular flexibility index (Phi) is 5.42. The molecule has 4 nitrogen and oxygen atoms in total. The number of hydrogen-bond acceptors (Lipinski definition) is 4. The molecule has 1 saturated carbocycles. The van der Waals surface area contributed by atoms with E-state index in [1.165, 1.54) is 32.1 Å². The highest BCUT2D eigenvalue weighted by Crippen LogP contribution is 2.36. The van der Waals surface area contributed by atoms with Crippen LogP contribution in [-0.4, -0.2) is 31.5 Å². The largest absolute Gasteiger partial charge is 0.378 e. The van der Waals surface area contributed by atoms with Crippen molar-refractivity contribution >= 4 is 0 Å². The molecule has 1 heterocycles. The zero-order chi connectivity index (χ0) is 12.8. The molecule has 2 unspecified atom stereocenters. The first kappa shape index (κ1) is 14.3. The van der Waals surface area contributed by atoms with Crippen LogP contribution < -0.4 is 11.3 Å². The lowest BCUT2D eigenvalue weighted by molar-refractivity contribution is -0.0718. The van der Waals surface area contributed by atoms with Crippen LogP contribution in [0.1, 0.15) is 57.8 Å². The minimum absolute atomic E-state index is 0.0500. The van der Waals surface area contributed by atoms with Gasteiger partial charge in [0, 0.05) is 13.7 Å². The van der Waals surface area contributed by atoms with Crippen LogP contribution in [0.5, 0.6) is 0 Å². The zero-order valence-corrected chi connectivity index (χ0v) is 11.6. The Morgan fingerprint density at radius 1 is 1.33 bits per heavy atom. The quantitative estimate of drug-likeness (QED) is 0.564. The maximum atomic E-state index is 5.86. The SMILES string of the molecule is COC1(C(CCC2CCCO2)NN)CCCCC1. The van der Waals surface area contributed by atoms with Crippen LogP contribution in [0.3, 0.4) is 0 Å². The van der Waals surface area contributed by atoms with Crippen LogP contribution in [0.4, 0.5) is 0 Å². The van der Waals surface area contributed by atoms with Gasteiger partial charge < -0.3 is 9.47 Å². The van der Waals surface area contributed by atoms with Crippen molar-refractivity contribution < 1.29 is 9.47 Å². The lowest BCUT2D eigenvalue weighted by Crippen LogP contribution is -2.55. The molecule has 0 bridgehead atoms. The highest BCUT2D eigenvalue weighted by Gasteiger charge is 2.39. The minimum atomic E-state index is -0.0500. The molecule has 2 aliphatic rings. The molecule has 1 aliphatic carbocycles. The summed E-state index contributed by atoms with van der Waals surface area (Å²) in [6.07, 6.45) is 11.1. The molecule has 106 valence electrons. The maximum absolute atomic E-state index is 5.86. The molecule has 4 heteroatoms. The Bertz CT molecular complexity index is 236. The van der Waals surface area contributed by atoms with Crippen LogP contribution in [0, 0.1) is 0 Å². The molecule has 0 aromatic heterocycles. The van der Waals surface area contributed by atoms with Crippen molar-refractivity contribution in [2.75, 3.05) is 13.7 Å². The summed E-state index contributed by atoms with van der Waals surface area (Å²) < 4.78 is 11.6. The van der Waals surface area contributed by atoms with Crippen molar-refractivity contribution in [2.24, 2.45) is 5.84 Å². The van der Waals surface area contributed by atoms with Crippen molar-refractivity contribution in [3.05, 3.63) is 0 Å². The van der Waals surface area contributed by atoms with E-state index in [4.69, 9.17) is 15.3 Å². The number of hydrazine groups is 1. The third-order valence-electron chi connectivity index (χ3n) is 4.74. The van der Waals surface area contributed by atoms with E-state index in [0.29, 0.717) is 6.10 Å². The number of nitrogens with one attached hydrogen (secondary N) is 1. The van der Waals surface area contributed by atoms with Crippen LogP contribution in [0.25, 0.3) is 0 Å². The van der Waals surface area contributed by atoms with Gasteiger partial charge >= 0.3 is 0 Å². The Morgan fingerprint density at radius 3 is 2.67 bits per heavy atom. The predicted octanol–water partition coefficient (Wildman–Crippen LogP) is 2.13. The van der Waals surface area contributed by atoms with Gasteiger partial charge in [-0.3, -0.25) is 11.3 Å². The molecule has 1 aliphatic heterocycles. The normalized spacial score (nSPS) is 29.3. The Balaban J connectivity index is 1.88. The summed E-state index contributed by atoms with van der Waals surface area (Å²) in [5.41, 5.74) is 2.96. The third kappa shape index (κ3) is 3.23. The van der Waals surface area contributed by atoms with Crippen molar-refractivity contribution in [1.29, 1.82) is 0 Å². The molecule has 2 atom stereocenters. The van der Waals surface area contributed by atoms with Crippen LogP contribution in [0.2, 0.25) is 0 Å². The molecule has 3 N–H and O–H groups in total. The highest BCUT2D eigenvalue weighted by molar-refractivity contribution is 4.94. The Morgan fingerprint density at radius 2 is 2.11 bits per heavy atom. The van der Waals surface area contributed by atoms with E-state index >= 15 is 0 Å². The predicted molar refractivity (Wildman–Crippen MR) is 72.1 cm³/mol. The first-order valence-electron chi connectivity index (χ1n) is 7.43. The summed E-state index contributed by atoms with van der Waals surface area (Å²) in [7, 11) is 1.84. The van der Waals surface area contributed by atoms with Gasteiger partial charge in [-0.1, -0.05) is 19.3 Å². The van der Waals surface area contributed by atoms with Crippen molar-refractivity contribution in [1.82, 2.24) is 5.43 Å². The summed E-state index contributed by atoms with van der Waals surface area (Å²) >= 11 is 0. The van der Waals surface area contributed by atoms with Crippen LogP contribution >= 0.6 is 0 Å². The summed E-state index contributed by atoms with van der Waals surface area (Å²) in [6, 6.07) is 0.256. The number of hydrogen-bond donors (Lipinski definition) is 2. The van der Waals surface area contributed by atoms with Gasteiger partial charge in [0.2, 0.25) is 0 Å². The highest BCUT2D eigenvalue weighted by atomic mass is 16.5. The van der Waals surface area contributed by atoms with E-state index in [-0.39, 0.29) is 11.6 Å². The maximum Gasteiger partial charge on any atom is 0.0844 e. The van der Waals surface area contributed by atoms with Crippen molar-refractivity contribution in [3.63, 3.8) is 0 Å². The van der Waals surface area contributed by atoms with E-state index in [9.17, 15) is 0 Å². The molecular formula is C14H28N2O2. The number of nitrogens with two attached hydrogens (primary N) is 1. The number of methoxy groups -OCH3 is 1. The molecule has 1 saturated heterocycles. The average Bonchev–Trinajstić information content (AvgIpc) is 2.93. The summed E-state index contributed by atoms with van der Waals surface area (Å²) in [5, 5.41) is 0. The molecule has 2 fully saturated rings. The molecule has 0 radical (unpaired) electrons. The van der Waals surface area contributed by atoms with Gasteiger partial charge in [0.15, 0.2) is 0 Å². The molecule has 18 heavy (non-hydrogen) atoms. The van der Waals surface area contributed by atoms with Gasteiger partial charge in [0.05, 0.1) is 17.7 Å². The van der Waals surface area contributed by atoms with Gasteiger partial charge in [-0.05, 0) is 38.5 Å². The Hall–Kier alpha value is -0.160. The summed E-state index contributed by atoms with van der Waals surface area (Å²) in [6.45, 7) is 0.931. The van der Waals surface area contributed by atoms with Gasteiger partial charge in [-0.2, -0.15) is 0 Å². The average molecular weight is 256 g/mol. The molecule has 0 aromatic carbocycles. The summed E-state index contributed by atoms with van der Waals surface area (Å²) in [4.78, 5) is 0. The van der Waals surface area contributed by atoms with Crippen molar-refractivity contribution in [3.8, 4) is 0 Å². The number of rotatable bonds is 6. The third-order valence-corrected chi connectivity index (χ3v) is 4.74. The van der Waals surface area contributed by atoms with Gasteiger partial charge in [0.1, 0.15) is 0 Å². The van der Waals surface area contributed by atoms with Crippen LogP contribution in [-0.2, 0) is 9.47 Å². The fourth-order valence-electron chi connectivity index (χ4n) is 3.57. The van der Waals surface area contributed by atoms with E-state index in [1.54, 1.807) is 0 Å². The zero-order valence-electron chi connectivity index (χ0n) is 11.6. The second-order valence-electron chi connectivity index (χ2n) is 5.76. The van der Waals surface area contributed by atoms with Gasteiger partial charge in [-0.25, -0.2) is 0 Å². The van der Waals surface area contributed by atoms with Gasteiger partial charge in [0.25, 0.3) is 0 Å². The fraction of sp³-hybridized carbons (Fsp3) is 1.00. The first-order valence-corrected chi connectivity index (χ1v) is 7.43. The van der Waals surface area contributed by atoms with E-state index < -0.39 is 0 Å². The first-order chi connectivity index (χ1) is 8.80. The Labute approximate surface area is 111 Å². The standard InChI is InChI=1S/C14H28N2O2/c1-17-14(9-3-2-4-10-14)13(16-15)8-7-12-6-5-11-18-12/h12-13,16H,2-11,15H2,1H3. The van der Waals surface area contributed by atoms with E-state index in [1.807, 2.05) is 7.11 Å². The lowest BCUT2D eigenvalue weighted by Gasteiger charge is -2.42. The molecule has 0 aromatic rings.